The van der Waals surface area contributed by atoms with E-state index in [4.69, 9.17) is 4.74 Å². The van der Waals surface area contributed by atoms with Gasteiger partial charge in [0.05, 0.1) is 6.20 Å². The Hall–Kier alpha value is -3.49. The number of carbonyl (C=O) groups is 3. The van der Waals surface area contributed by atoms with Crippen molar-refractivity contribution >= 4 is 23.6 Å². The van der Waals surface area contributed by atoms with Crippen LogP contribution in [0.4, 0.5) is 10.5 Å². The molecule has 3 N–H and O–H groups in total. The van der Waals surface area contributed by atoms with Gasteiger partial charge in [-0.3, -0.25) is 14.6 Å². The van der Waals surface area contributed by atoms with Gasteiger partial charge in [0.1, 0.15) is 17.8 Å². The van der Waals surface area contributed by atoms with E-state index in [0.717, 1.165) is 0 Å². The van der Waals surface area contributed by atoms with Crippen LogP contribution in [0.15, 0.2) is 42.9 Å². The largest absolute Gasteiger partial charge is 0.444 e. The Kier molecular flexibility index (Phi) is 7.02. The molecule has 0 aliphatic carbocycles. The molecular weight excluding hydrogens is 362 g/mol. The van der Waals surface area contributed by atoms with Crippen molar-refractivity contribution in [2.75, 3.05) is 11.9 Å². The van der Waals surface area contributed by atoms with Gasteiger partial charge in [0.25, 0.3) is 5.91 Å². The van der Waals surface area contributed by atoms with Gasteiger partial charge in [0, 0.05) is 24.6 Å². The van der Waals surface area contributed by atoms with Gasteiger partial charge in [-0.15, -0.1) is 0 Å². The lowest BCUT2D eigenvalue weighted by molar-refractivity contribution is -0.120. The fourth-order valence-corrected chi connectivity index (χ4v) is 2.12. The predicted octanol–water partition coefficient (Wildman–Crippen LogP) is 1.87. The molecule has 0 unspecified atom stereocenters. The quantitative estimate of drug-likeness (QED) is 0.698. The number of nitrogens with one attached hydrogen (secondary N) is 3. The van der Waals surface area contributed by atoms with Crippen LogP contribution in [0.1, 0.15) is 36.8 Å². The Morgan fingerprint density at radius 2 is 1.82 bits per heavy atom. The van der Waals surface area contributed by atoms with Crippen molar-refractivity contribution in [3.8, 4) is 0 Å². The molecule has 0 spiro atoms. The molecule has 0 aliphatic heterocycles. The second-order valence-corrected chi connectivity index (χ2v) is 6.83. The zero-order valence-electron chi connectivity index (χ0n) is 16.0. The minimum Gasteiger partial charge on any atom is -0.444 e. The van der Waals surface area contributed by atoms with Crippen molar-refractivity contribution in [2.24, 2.45) is 0 Å². The predicted molar refractivity (Wildman–Crippen MR) is 103 cm³/mol. The summed E-state index contributed by atoms with van der Waals surface area (Å²) in [5, 5.41) is 7.81. The molecule has 148 valence electrons. The summed E-state index contributed by atoms with van der Waals surface area (Å²) >= 11 is 0. The minimum absolute atomic E-state index is 0.172. The number of aromatic nitrogens is 2. The molecule has 28 heavy (non-hydrogen) atoms. The number of ether oxygens (including phenoxy) is 1. The molecular formula is C19H23N5O4. The molecule has 2 rings (SSSR count). The fraction of sp³-hybridized carbons (Fsp3) is 0.316. The van der Waals surface area contributed by atoms with E-state index in [1.54, 1.807) is 45.0 Å². The molecule has 1 aromatic carbocycles. The Morgan fingerprint density at radius 1 is 1.07 bits per heavy atom. The molecule has 0 saturated heterocycles. The topological polar surface area (TPSA) is 122 Å². The van der Waals surface area contributed by atoms with E-state index in [1.165, 1.54) is 18.6 Å². The van der Waals surface area contributed by atoms with Crippen LogP contribution in [-0.4, -0.2) is 40.0 Å². The highest BCUT2D eigenvalue weighted by atomic mass is 16.6. The van der Waals surface area contributed by atoms with Crippen LogP contribution in [0.5, 0.6) is 0 Å². The third-order valence-corrected chi connectivity index (χ3v) is 3.33. The summed E-state index contributed by atoms with van der Waals surface area (Å²) in [5.41, 5.74) is 0.785. The molecule has 2 aromatic rings. The molecule has 0 atom stereocenters. The van der Waals surface area contributed by atoms with Gasteiger partial charge in [-0.05, 0) is 32.4 Å². The molecule has 9 nitrogen and oxygen atoms in total. The number of nitrogens with zero attached hydrogens (tertiary/aromatic N) is 2. The van der Waals surface area contributed by atoms with Crippen molar-refractivity contribution in [1.82, 2.24) is 20.6 Å². The molecule has 0 saturated carbocycles. The number of hydrogen-bond donors (Lipinski definition) is 3. The number of rotatable bonds is 6. The number of alkyl carbamates (subject to hydrolysis) is 1. The van der Waals surface area contributed by atoms with E-state index in [-0.39, 0.29) is 24.7 Å². The Bertz CT molecular complexity index is 834. The van der Waals surface area contributed by atoms with Crippen LogP contribution in [0.3, 0.4) is 0 Å². The van der Waals surface area contributed by atoms with Gasteiger partial charge < -0.3 is 20.7 Å². The highest BCUT2D eigenvalue weighted by molar-refractivity contribution is 6.03. The van der Waals surface area contributed by atoms with Gasteiger partial charge in [0.2, 0.25) is 5.91 Å². The van der Waals surface area contributed by atoms with Crippen LogP contribution in [0.2, 0.25) is 0 Å². The minimum atomic E-state index is -0.667. The van der Waals surface area contributed by atoms with E-state index in [1.807, 2.05) is 0 Å². The zero-order chi connectivity index (χ0) is 20.6. The first-order valence-corrected chi connectivity index (χ1v) is 8.63. The van der Waals surface area contributed by atoms with Gasteiger partial charge in [0.15, 0.2) is 0 Å². The summed E-state index contributed by atoms with van der Waals surface area (Å²) in [6.45, 7) is 5.16. The lowest BCUT2D eigenvalue weighted by Gasteiger charge is -2.19. The standard InChI is InChI=1S/C19H23N5O4/c1-19(2,3)28-18(27)23-12-16(25)22-10-13-6-4-5-7-14(13)24-17(26)15-11-20-8-9-21-15/h4-9,11H,10,12H2,1-3H3,(H,22,25)(H,23,27)(H,24,26). The average molecular weight is 385 g/mol. The van der Waals surface area contributed by atoms with Crippen LogP contribution >= 0.6 is 0 Å². The summed E-state index contributed by atoms with van der Waals surface area (Å²) in [7, 11) is 0. The van der Waals surface area contributed by atoms with Crippen molar-refractivity contribution in [2.45, 2.75) is 32.9 Å². The number of hydrogen-bond acceptors (Lipinski definition) is 6. The van der Waals surface area contributed by atoms with Gasteiger partial charge >= 0.3 is 6.09 Å². The number of carbonyl (C=O) groups excluding carboxylic acids is 3. The van der Waals surface area contributed by atoms with E-state index < -0.39 is 17.6 Å². The van der Waals surface area contributed by atoms with E-state index >= 15 is 0 Å². The summed E-state index contributed by atoms with van der Waals surface area (Å²) in [5.74, 6) is -0.792. The molecule has 1 heterocycles. The highest BCUT2D eigenvalue weighted by Gasteiger charge is 2.16. The van der Waals surface area contributed by atoms with Crippen molar-refractivity contribution < 1.29 is 19.1 Å². The first kappa shape index (κ1) is 20.8. The molecule has 0 bridgehead atoms. The number of benzene rings is 1. The third-order valence-electron chi connectivity index (χ3n) is 3.33. The second kappa shape index (κ2) is 9.45. The Labute approximate surface area is 162 Å². The lowest BCUT2D eigenvalue weighted by atomic mass is 10.1. The number of amides is 3. The summed E-state index contributed by atoms with van der Waals surface area (Å²) in [6, 6.07) is 7.04. The van der Waals surface area contributed by atoms with E-state index in [0.29, 0.717) is 11.3 Å². The zero-order valence-corrected chi connectivity index (χ0v) is 16.0. The van der Waals surface area contributed by atoms with Gasteiger partial charge in [-0.2, -0.15) is 0 Å². The summed E-state index contributed by atoms with van der Waals surface area (Å²) in [6.07, 6.45) is 3.60. The van der Waals surface area contributed by atoms with Crippen LogP contribution < -0.4 is 16.0 Å². The monoisotopic (exact) mass is 385 g/mol. The van der Waals surface area contributed by atoms with Crippen molar-refractivity contribution in [3.63, 3.8) is 0 Å². The number of para-hydroxylation sites is 1. The van der Waals surface area contributed by atoms with E-state index in [2.05, 4.69) is 25.9 Å². The van der Waals surface area contributed by atoms with Crippen LogP contribution in [-0.2, 0) is 16.1 Å². The molecule has 0 fully saturated rings. The number of anilines is 1. The molecule has 1 aromatic heterocycles. The van der Waals surface area contributed by atoms with Crippen molar-refractivity contribution in [3.05, 3.63) is 54.1 Å². The lowest BCUT2D eigenvalue weighted by Crippen LogP contribution is -2.39. The maximum Gasteiger partial charge on any atom is 0.408 e. The highest BCUT2D eigenvalue weighted by Crippen LogP contribution is 2.15. The third kappa shape index (κ3) is 7.02. The smallest absolute Gasteiger partial charge is 0.408 e. The maximum absolute atomic E-state index is 12.2. The Morgan fingerprint density at radius 3 is 2.50 bits per heavy atom. The van der Waals surface area contributed by atoms with Crippen LogP contribution in [0, 0.1) is 0 Å². The Balaban J connectivity index is 1.88. The van der Waals surface area contributed by atoms with E-state index in [9.17, 15) is 14.4 Å². The van der Waals surface area contributed by atoms with Gasteiger partial charge in [-0.25, -0.2) is 9.78 Å². The fourth-order valence-electron chi connectivity index (χ4n) is 2.12. The second-order valence-electron chi connectivity index (χ2n) is 6.83. The molecule has 3 amide bonds. The molecule has 0 aliphatic rings. The summed E-state index contributed by atoms with van der Waals surface area (Å²) < 4.78 is 5.07. The first-order chi connectivity index (χ1) is 13.2. The molecule has 9 heteroatoms. The SMILES string of the molecule is CC(C)(C)OC(=O)NCC(=O)NCc1ccccc1NC(=O)c1cnccn1. The van der Waals surface area contributed by atoms with Crippen molar-refractivity contribution in [1.29, 1.82) is 0 Å². The van der Waals surface area contributed by atoms with Crippen LogP contribution in [0.25, 0.3) is 0 Å². The normalized spacial score (nSPS) is 10.7. The average Bonchev–Trinajstić information content (AvgIpc) is 2.65. The maximum atomic E-state index is 12.2. The van der Waals surface area contributed by atoms with Gasteiger partial charge in [-0.1, -0.05) is 18.2 Å². The molecule has 0 radical (unpaired) electrons. The summed E-state index contributed by atoms with van der Waals surface area (Å²) in [4.78, 5) is 43.6. The first-order valence-electron chi connectivity index (χ1n) is 8.63.